The second-order valence-electron chi connectivity index (χ2n) is 5.19. The van der Waals surface area contributed by atoms with E-state index in [4.69, 9.17) is 5.73 Å². The van der Waals surface area contributed by atoms with Crippen molar-refractivity contribution in [3.63, 3.8) is 0 Å². The molecular formula is C13H20N4O2. The van der Waals surface area contributed by atoms with Crippen LogP contribution in [0.3, 0.4) is 0 Å². The van der Waals surface area contributed by atoms with Crippen LogP contribution >= 0.6 is 0 Å². The molecule has 2 rings (SSSR count). The third kappa shape index (κ3) is 3.02. The van der Waals surface area contributed by atoms with Gasteiger partial charge in [0, 0.05) is 38.3 Å². The molecule has 1 aromatic rings. The Hall–Kier alpha value is -1.66. The second-order valence-corrected chi connectivity index (χ2v) is 5.19. The Morgan fingerprint density at radius 1 is 1.47 bits per heavy atom. The van der Waals surface area contributed by atoms with Crippen molar-refractivity contribution in [1.29, 1.82) is 0 Å². The number of nitrogen functional groups attached to an aromatic ring is 1. The van der Waals surface area contributed by atoms with Crippen molar-refractivity contribution >= 4 is 11.4 Å². The summed E-state index contributed by atoms with van der Waals surface area (Å²) >= 11 is 0. The lowest BCUT2D eigenvalue weighted by Crippen LogP contribution is -2.49. The number of anilines is 1. The van der Waals surface area contributed by atoms with Crippen LogP contribution in [0.1, 0.15) is 12.5 Å². The van der Waals surface area contributed by atoms with Crippen molar-refractivity contribution < 1.29 is 4.92 Å². The van der Waals surface area contributed by atoms with Gasteiger partial charge in [0.15, 0.2) is 0 Å². The molecule has 6 nitrogen and oxygen atoms in total. The Kier molecular flexibility index (Phi) is 4.01. The number of nitrogens with zero attached hydrogens (tertiary/aromatic N) is 3. The van der Waals surface area contributed by atoms with Crippen molar-refractivity contribution in [3.05, 3.63) is 33.9 Å². The van der Waals surface area contributed by atoms with Crippen molar-refractivity contribution in [2.24, 2.45) is 0 Å². The molecule has 0 amide bonds. The molecule has 0 aliphatic carbocycles. The van der Waals surface area contributed by atoms with Crippen molar-refractivity contribution in [2.75, 3.05) is 32.4 Å². The molecule has 1 saturated heterocycles. The van der Waals surface area contributed by atoms with Crippen LogP contribution in [0.25, 0.3) is 0 Å². The van der Waals surface area contributed by atoms with Crippen LogP contribution in [0.4, 0.5) is 11.4 Å². The molecule has 1 heterocycles. The molecular weight excluding hydrogens is 244 g/mol. The number of hydrogen-bond acceptors (Lipinski definition) is 5. The quantitative estimate of drug-likeness (QED) is 0.506. The minimum atomic E-state index is -0.424. The Morgan fingerprint density at radius 2 is 2.21 bits per heavy atom. The minimum absolute atomic E-state index is 0.000666. The number of hydrogen-bond donors (Lipinski definition) is 1. The molecule has 1 aliphatic rings. The highest BCUT2D eigenvalue weighted by molar-refractivity contribution is 5.62. The van der Waals surface area contributed by atoms with E-state index >= 15 is 0 Å². The van der Waals surface area contributed by atoms with Crippen LogP contribution in [0.2, 0.25) is 0 Å². The topological polar surface area (TPSA) is 75.6 Å². The molecule has 0 bridgehead atoms. The highest BCUT2D eigenvalue weighted by atomic mass is 16.6. The summed E-state index contributed by atoms with van der Waals surface area (Å²) in [6.45, 7) is 5.82. The monoisotopic (exact) mass is 264 g/mol. The first-order valence-corrected chi connectivity index (χ1v) is 6.43. The Bertz CT molecular complexity index is 478. The van der Waals surface area contributed by atoms with Gasteiger partial charge in [0.25, 0.3) is 5.69 Å². The van der Waals surface area contributed by atoms with Gasteiger partial charge in [-0.15, -0.1) is 0 Å². The van der Waals surface area contributed by atoms with E-state index in [1.54, 1.807) is 6.07 Å². The predicted octanol–water partition coefficient (Wildman–Crippen LogP) is 1.31. The van der Waals surface area contributed by atoms with Gasteiger partial charge in [0.1, 0.15) is 5.69 Å². The largest absolute Gasteiger partial charge is 0.393 e. The molecule has 19 heavy (non-hydrogen) atoms. The third-order valence-corrected chi connectivity index (χ3v) is 3.71. The minimum Gasteiger partial charge on any atom is -0.393 e. The highest BCUT2D eigenvalue weighted by Crippen LogP contribution is 2.26. The highest BCUT2D eigenvalue weighted by Gasteiger charge is 2.23. The Labute approximate surface area is 112 Å². The predicted molar refractivity (Wildman–Crippen MR) is 74.9 cm³/mol. The number of nitro groups is 1. The van der Waals surface area contributed by atoms with Crippen LogP contribution in [0.5, 0.6) is 0 Å². The molecule has 2 N–H and O–H groups in total. The van der Waals surface area contributed by atoms with Crippen molar-refractivity contribution in [2.45, 2.75) is 19.5 Å². The number of nitrogens with two attached hydrogens (primary N) is 1. The van der Waals surface area contributed by atoms with Gasteiger partial charge < -0.3 is 10.6 Å². The Balaban J connectivity index is 2.15. The standard InChI is InChI=1S/C13H20N4O2/c1-10-8-15(2)6-7-16(10)9-11-4-3-5-12(13(11)14)17(18)19/h3-5,10H,6-9,14H2,1-2H3. The van der Waals surface area contributed by atoms with Gasteiger partial charge in [-0.2, -0.15) is 0 Å². The van der Waals surface area contributed by atoms with E-state index < -0.39 is 4.92 Å². The number of nitro benzene ring substituents is 1. The van der Waals surface area contributed by atoms with Gasteiger partial charge in [-0.1, -0.05) is 12.1 Å². The van der Waals surface area contributed by atoms with E-state index in [1.807, 2.05) is 6.07 Å². The first-order valence-electron chi connectivity index (χ1n) is 6.43. The summed E-state index contributed by atoms with van der Waals surface area (Å²) in [6, 6.07) is 5.45. The fourth-order valence-corrected chi connectivity index (χ4v) is 2.53. The Morgan fingerprint density at radius 3 is 2.84 bits per heavy atom. The number of rotatable bonds is 3. The summed E-state index contributed by atoms with van der Waals surface area (Å²) in [7, 11) is 2.11. The van der Waals surface area contributed by atoms with Crippen LogP contribution in [0, 0.1) is 10.1 Å². The number of likely N-dealkylation sites (N-methyl/N-ethyl adjacent to an activating group) is 1. The van der Waals surface area contributed by atoms with E-state index in [2.05, 4.69) is 23.8 Å². The summed E-state index contributed by atoms with van der Waals surface area (Å²) < 4.78 is 0. The second kappa shape index (κ2) is 5.54. The first-order chi connectivity index (χ1) is 8.99. The van der Waals surface area contributed by atoms with Gasteiger partial charge in [-0.25, -0.2) is 0 Å². The van der Waals surface area contributed by atoms with E-state index in [9.17, 15) is 10.1 Å². The molecule has 1 aliphatic heterocycles. The van der Waals surface area contributed by atoms with Crippen LogP contribution in [-0.2, 0) is 6.54 Å². The lowest BCUT2D eigenvalue weighted by Gasteiger charge is -2.38. The van der Waals surface area contributed by atoms with Gasteiger partial charge in [0.2, 0.25) is 0 Å². The zero-order valence-electron chi connectivity index (χ0n) is 11.4. The van der Waals surface area contributed by atoms with Crippen LogP contribution in [-0.4, -0.2) is 47.4 Å². The molecule has 1 fully saturated rings. The van der Waals surface area contributed by atoms with Gasteiger partial charge >= 0.3 is 0 Å². The molecule has 1 aromatic carbocycles. The van der Waals surface area contributed by atoms with E-state index in [0.717, 1.165) is 25.2 Å². The van der Waals surface area contributed by atoms with E-state index in [1.165, 1.54) is 6.07 Å². The fraction of sp³-hybridized carbons (Fsp3) is 0.538. The van der Waals surface area contributed by atoms with E-state index in [-0.39, 0.29) is 5.69 Å². The van der Waals surface area contributed by atoms with Gasteiger partial charge in [-0.05, 0) is 19.5 Å². The molecule has 0 saturated carbocycles. The van der Waals surface area contributed by atoms with Crippen LogP contribution < -0.4 is 5.73 Å². The van der Waals surface area contributed by atoms with Crippen molar-refractivity contribution in [1.82, 2.24) is 9.80 Å². The zero-order valence-corrected chi connectivity index (χ0v) is 11.4. The summed E-state index contributed by atoms with van der Waals surface area (Å²) in [5.74, 6) is 0. The lowest BCUT2D eigenvalue weighted by atomic mass is 10.1. The van der Waals surface area contributed by atoms with Crippen LogP contribution in [0.15, 0.2) is 18.2 Å². The maximum Gasteiger partial charge on any atom is 0.292 e. The van der Waals surface area contributed by atoms with E-state index in [0.29, 0.717) is 18.3 Å². The fourth-order valence-electron chi connectivity index (χ4n) is 2.53. The average molecular weight is 264 g/mol. The maximum absolute atomic E-state index is 10.9. The van der Waals surface area contributed by atoms with Gasteiger partial charge in [0.05, 0.1) is 4.92 Å². The van der Waals surface area contributed by atoms with Gasteiger partial charge in [-0.3, -0.25) is 15.0 Å². The normalized spacial score (nSPS) is 21.5. The lowest BCUT2D eigenvalue weighted by molar-refractivity contribution is -0.384. The summed E-state index contributed by atoms with van der Waals surface area (Å²) in [5, 5.41) is 10.9. The smallest absolute Gasteiger partial charge is 0.292 e. The number of piperazine rings is 1. The average Bonchev–Trinajstić information content (AvgIpc) is 2.34. The third-order valence-electron chi connectivity index (χ3n) is 3.71. The molecule has 104 valence electrons. The molecule has 1 atom stereocenters. The first kappa shape index (κ1) is 13.8. The molecule has 0 aromatic heterocycles. The SMILES string of the molecule is CC1CN(C)CCN1Cc1cccc([N+](=O)[O-])c1N. The number of para-hydroxylation sites is 1. The molecule has 0 radical (unpaired) electrons. The van der Waals surface area contributed by atoms with Crippen molar-refractivity contribution in [3.8, 4) is 0 Å². The maximum atomic E-state index is 10.9. The summed E-state index contributed by atoms with van der Waals surface area (Å²) in [6.07, 6.45) is 0. The molecule has 6 heteroatoms. The summed E-state index contributed by atoms with van der Waals surface area (Å²) in [4.78, 5) is 15.1. The number of benzene rings is 1. The zero-order chi connectivity index (χ0) is 14.0. The molecule has 1 unspecified atom stereocenters. The summed E-state index contributed by atoms with van der Waals surface area (Å²) in [5.41, 5.74) is 7.02. The molecule has 0 spiro atoms.